The van der Waals surface area contributed by atoms with Crippen molar-refractivity contribution in [3.05, 3.63) is 64.7 Å². The Labute approximate surface area is 155 Å². The van der Waals surface area contributed by atoms with E-state index in [1.165, 1.54) is 7.11 Å². The van der Waals surface area contributed by atoms with Gasteiger partial charge in [-0.1, -0.05) is 24.3 Å². The predicted octanol–water partition coefficient (Wildman–Crippen LogP) is 2.65. The highest BCUT2D eigenvalue weighted by atomic mass is 19.1. The zero-order chi connectivity index (χ0) is 20.0. The molecule has 144 valence electrons. The van der Waals surface area contributed by atoms with E-state index in [9.17, 15) is 13.6 Å². The second kappa shape index (κ2) is 9.09. The zero-order valence-corrected chi connectivity index (χ0v) is 15.0. The summed E-state index contributed by atoms with van der Waals surface area (Å²) >= 11 is 0. The summed E-state index contributed by atoms with van der Waals surface area (Å²) in [5.41, 5.74) is 6.21. The van der Waals surface area contributed by atoms with Crippen molar-refractivity contribution in [2.24, 2.45) is 5.73 Å². The molecule has 0 aliphatic rings. The first-order chi connectivity index (χ1) is 12.9. The molecule has 0 aliphatic heterocycles. The number of nitrogens with one attached hydrogen (secondary N) is 2. The predicted molar refractivity (Wildman–Crippen MR) is 96.6 cm³/mol. The molecule has 0 unspecified atom stereocenters. The first-order valence-corrected chi connectivity index (χ1v) is 8.23. The highest BCUT2D eigenvalue weighted by molar-refractivity contribution is 5.94. The van der Waals surface area contributed by atoms with Crippen molar-refractivity contribution < 1.29 is 23.0 Å². The van der Waals surface area contributed by atoms with E-state index in [1.54, 1.807) is 31.2 Å². The van der Waals surface area contributed by atoms with Crippen molar-refractivity contribution in [1.29, 1.82) is 5.41 Å². The molecule has 0 radical (unpaired) electrons. The average Bonchev–Trinajstić information content (AvgIpc) is 2.65. The molecule has 0 saturated heterocycles. The van der Waals surface area contributed by atoms with Crippen LogP contribution in [0.5, 0.6) is 5.75 Å². The fraction of sp³-hybridized carbons (Fsp3) is 0.263. The molecule has 0 aromatic heterocycles. The lowest BCUT2D eigenvalue weighted by atomic mass is 10.1. The van der Waals surface area contributed by atoms with Crippen LogP contribution in [-0.2, 0) is 16.1 Å². The van der Waals surface area contributed by atoms with Crippen LogP contribution in [0.15, 0.2) is 36.4 Å². The van der Waals surface area contributed by atoms with Crippen molar-refractivity contribution in [3.8, 4) is 5.75 Å². The van der Waals surface area contributed by atoms with Gasteiger partial charge in [-0.25, -0.2) is 8.78 Å². The Balaban J connectivity index is 2.16. The van der Waals surface area contributed by atoms with Crippen LogP contribution in [0, 0.1) is 17.0 Å². The van der Waals surface area contributed by atoms with Crippen molar-refractivity contribution in [1.82, 2.24) is 5.32 Å². The number of hydrogen-bond donors (Lipinski definition) is 3. The SMILES string of the molecule is CCO[C@H](C(=O)NCc1ccc(C(=N)N)cc1)c1c(F)cc(OC)cc1F. The molecule has 1 atom stereocenters. The second-order valence-corrected chi connectivity index (χ2v) is 5.67. The van der Waals surface area contributed by atoms with E-state index in [0.29, 0.717) is 5.56 Å². The molecule has 27 heavy (non-hydrogen) atoms. The number of carbonyl (C=O) groups excluding carboxylic acids is 1. The van der Waals surface area contributed by atoms with Crippen LogP contribution in [0.1, 0.15) is 29.7 Å². The van der Waals surface area contributed by atoms with Gasteiger partial charge in [-0.15, -0.1) is 0 Å². The molecule has 0 fully saturated rings. The first-order valence-electron chi connectivity index (χ1n) is 8.23. The van der Waals surface area contributed by atoms with Gasteiger partial charge < -0.3 is 20.5 Å². The van der Waals surface area contributed by atoms with Crippen LogP contribution in [0.3, 0.4) is 0 Å². The number of benzene rings is 2. The Bertz CT molecular complexity index is 802. The third-order valence-corrected chi connectivity index (χ3v) is 3.85. The van der Waals surface area contributed by atoms with E-state index in [1.807, 2.05) is 0 Å². The maximum atomic E-state index is 14.3. The molecular weight excluding hydrogens is 356 g/mol. The minimum absolute atomic E-state index is 0.00923. The van der Waals surface area contributed by atoms with Crippen molar-refractivity contribution >= 4 is 11.7 Å². The average molecular weight is 377 g/mol. The summed E-state index contributed by atoms with van der Waals surface area (Å²) < 4.78 is 38.7. The smallest absolute Gasteiger partial charge is 0.254 e. The molecule has 4 N–H and O–H groups in total. The summed E-state index contributed by atoms with van der Waals surface area (Å²) in [5.74, 6) is -2.57. The summed E-state index contributed by atoms with van der Waals surface area (Å²) in [6.07, 6.45) is -1.43. The van der Waals surface area contributed by atoms with Gasteiger partial charge in [-0.3, -0.25) is 10.2 Å². The van der Waals surface area contributed by atoms with E-state index in [-0.39, 0.29) is 24.7 Å². The van der Waals surface area contributed by atoms with Crippen LogP contribution < -0.4 is 15.8 Å². The topological polar surface area (TPSA) is 97.4 Å². The number of amidine groups is 1. The quantitative estimate of drug-likeness (QED) is 0.487. The van der Waals surface area contributed by atoms with E-state index in [0.717, 1.165) is 17.7 Å². The first kappa shape index (κ1) is 20.3. The molecule has 0 spiro atoms. The number of nitrogens with two attached hydrogens (primary N) is 1. The van der Waals surface area contributed by atoms with E-state index < -0.39 is 29.2 Å². The number of carbonyl (C=O) groups is 1. The van der Waals surface area contributed by atoms with Crippen molar-refractivity contribution in [2.75, 3.05) is 13.7 Å². The lowest BCUT2D eigenvalue weighted by Gasteiger charge is -2.19. The maximum Gasteiger partial charge on any atom is 0.254 e. The zero-order valence-electron chi connectivity index (χ0n) is 15.0. The molecule has 0 saturated carbocycles. The number of hydrogen-bond acceptors (Lipinski definition) is 4. The molecule has 6 nitrogen and oxygen atoms in total. The summed E-state index contributed by atoms with van der Waals surface area (Å²) in [5, 5.41) is 9.96. The van der Waals surface area contributed by atoms with Gasteiger partial charge in [0.25, 0.3) is 5.91 Å². The van der Waals surface area contributed by atoms with Crippen molar-refractivity contribution in [3.63, 3.8) is 0 Å². The molecule has 0 bridgehead atoms. The van der Waals surface area contributed by atoms with Gasteiger partial charge in [0.15, 0.2) is 6.10 Å². The largest absolute Gasteiger partial charge is 0.497 e. The maximum absolute atomic E-state index is 14.3. The Morgan fingerprint density at radius 3 is 2.30 bits per heavy atom. The van der Waals surface area contributed by atoms with Gasteiger partial charge >= 0.3 is 0 Å². The molecule has 1 amide bonds. The van der Waals surface area contributed by atoms with Crippen LogP contribution in [0.4, 0.5) is 8.78 Å². The number of rotatable bonds is 8. The molecule has 0 heterocycles. The Morgan fingerprint density at radius 1 is 1.22 bits per heavy atom. The summed E-state index contributed by atoms with van der Waals surface area (Å²) in [7, 11) is 1.29. The second-order valence-electron chi connectivity index (χ2n) is 5.67. The highest BCUT2D eigenvalue weighted by Crippen LogP contribution is 2.28. The summed E-state index contributed by atoms with van der Waals surface area (Å²) in [4.78, 5) is 12.5. The van der Waals surface area contributed by atoms with Crippen LogP contribution in [0.25, 0.3) is 0 Å². The highest BCUT2D eigenvalue weighted by Gasteiger charge is 2.28. The van der Waals surface area contributed by atoms with Crippen LogP contribution in [-0.4, -0.2) is 25.5 Å². The van der Waals surface area contributed by atoms with Gasteiger partial charge in [0.2, 0.25) is 0 Å². The molecule has 8 heteroatoms. The minimum Gasteiger partial charge on any atom is -0.497 e. The van der Waals surface area contributed by atoms with Gasteiger partial charge in [-0.2, -0.15) is 0 Å². The number of nitrogen functional groups attached to an aromatic ring is 1. The molecule has 2 aromatic carbocycles. The Kier molecular flexibility index (Phi) is 6.84. The molecule has 2 aromatic rings. The normalized spacial score (nSPS) is 11.7. The van der Waals surface area contributed by atoms with Gasteiger partial charge in [0.1, 0.15) is 23.2 Å². The van der Waals surface area contributed by atoms with E-state index in [4.69, 9.17) is 20.6 Å². The Hall–Kier alpha value is -3.00. The molecule has 2 rings (SSSR count). The monoisotopic (exact) mass is 377 g/mol. The standard InChI is InChI=1S/C19H21F2N3O3/c1-3-27-17(16-14(20)8-13(26-2)9-15(16)21)19(25)24-10-11-4-6-12(7-5-11)18(22)23/h4-9,17H,3,10H2,1-2H3,(H3,22,23)(H,24,25)/t17-/m0/s1. The van der Waals surface area contributed by atoms with E-state index in [2.05, 4.69) is 5.32 Å². The van der Waals surface area contributed by atoms with Crippen LogP contribution >= 0.6 is 0 Å². The fourth-order valence-corrected chi connectivity index (χ4v) is 2.47. The number of methoxy groups -OCH3 is 1. The van der Waals surface area contributed by atoms with Gasteiger partial charge in [0, 0.05) is 30.8 Å². The van der Waals surface area contributed by atoms with Gasteiger partial charge in [-0.05, 0) is 12.5 Å². The minimum atomic E-state index is -1.43. The third-order valence-electron chi connectivity index (χ3n) is 3.85. The van der Waals surface area contributed by atoms with E-state index >= 15 is 0 Å². The van der Waals surface area contributed by atoms with Crippen molar-refractivity contribution in [2.45, 2.75) is 19.6 Å². The number of amides is 1. The van der Waals surface area contributed by atoms with Crippen LogP contribution in [0.2, 0.25) is 0 Å². The number of halogens is 2. The third kappa shape index (κ3) is 5.01. The fourth-order valence-electron chi connectivity index (χ4n) is 2.47. The lowest BCUT2D eigenvalue weighted by molar-refractivity contribution is -0.133. The summed E-state index contributed by atoms with van der Waals surface area (Å²) in [6.45, 7) is 1.84. The number of ether oxygens (including phenoxy) is 2. The lowest BCUT2D eigenvalue weighted by Crippen LogP contribution is -2.31. The molecular formula is C19H21F2N3O3. The molecule has 0 aliphatic carbocycles. The Morgan fingerprint density at radius 2 is 1.81 bits per heavy atom. The van der Waals surface area contributed by atoms with Gasteiger partial charge in [0.05, 0.1) is 12.7 Å². The summed E-state index contributed by atoms with van der Waals surface area (Å²) in [6, 6.07) is 8.68.